The van der Waals surface area contributed by atoms with Crippen molar-refractivity contribution >= 4 is 17.3 Å². The minimum absolute atomic E-state index is 0.103. The van der Waals surface area contributed by atoms with Gasteiger partial charge >= 0.3 is 0 Å². The van der Waals surface area contributed by atoms with Crippen LogP contribution in [0.1, 0.15) is 37.7 Å². The molecule has 1 N–H and O–H groups in total. The molecule has 1 aliphatic heterocycles. The molecule has 1 amide bonds. The maximum absolute atomic E-state index is 12.9. The zero-order valence-electron chi connectivity index (χ0n) is 12.6. The first kappa shape index (κ1) is 13.7. The molecule has 0 fully saturated rings. The van der Waals surface area contributed by atoms with Crippen LogP contribution in [0.25, 0.3) is 0 Å². The number of anilines is 2. The fraction of sp³-hybridized carbons (Fsp3) is 0.353. The lowest BCUT2D eigenvalue weighted by Crippen LogP contribution is -2.48. The normalized spacial score (nSPS) is 20.3. The lowest BCUT2D eigenvalue weighted by Gasteiger charge is -2.37. The Labute approximate surface area is 124 Å². The molecule has 0 saturated carbocycles. The van der Waals surface area contributed by atoms with Crippen LogP contribution in [0, 0.1) is 0 Å². The molecule has 0 spiro atoms. The van der Waals surface area contributed by atoms with Gasteiger partial charge in [-0.1, -0.05) is 12.1 Å². The molecule has 0 aliphatic carbocycles. The van der Waals surface area contributed by atoms with Gasteiger partial charge in [0.15, 0.2) is 5.76 Å². The molecule has 1 unspecified atom stereocenters. The summed E-state index contributed by atoms with van der Waals surface area (Å²) in [5.74, 6) is 0.265. The van der Waals surface area contributed by atoms with Gasteiger partial charge in [0, 0.05) is 11.6 Å². The van der Waals surface area contributed by atoms with Gasteiger partial charge in [0.25, 0.3) is 5.91 Å². The van der Waals surface area contributed by atoms with Crippen molar-refractivity contribution in [2.24, 2.45) is 0 Å². The summed E-state index contributed by atoms with van der Waals surface area (Å²) in [5.41, 5.74) is 1.58. The van der Waals surface area contributed by atoms with Gasteiger partial charge in [0.2, 0.25) is 0 Å². The van der Waals surface area contributed by atoms with Crippen molar-refractivity contribution in [1.82, 2.24) is 0 Å². The van der Waals surface area contributed by atoms with Gasteiger partial charge in [-0.15, -0.1) is 0 Å². The first-order chi connectivity index (χ1) is 9.99. The Kier molecular flexibility index (Phi) is 3.24. The summed E-state index contributed by atoms with van der Waals surface area (Å²) < 4.78 is 5.31. The summed E-state index contributed by atoms with van der Waals surface area (Å²) in [7, 11) is 0. The molecule has 4 nitrogen and oxygen atoms in total. The van der Waals surface area contributed by atoms with Crippen LogP contribution in [0.2, 0.25) is 0 Å². The first-order valence-corrected chi connectivity index (χ1v) is 7.23. The number of para-hydroxylation sites is 2. The third-order valence-corrected chi connectivity index (χ3v) is 3.89. The molecule has 0 saturated heterocycles. The zero-order valence-corrected chi connectivity index (χ0v) is 12.6. The number of carbonyl (C=O) groups excluding carboxylic acids is 1. The highest BCUT2D eigenvalue weighted by atomic mass is 16.3. The molecule has 2 aromatic rings. The molecule has 4 heteroatoms. The van der Waals surface area contributed by atoms with Gasteiger partial charge in [0.1, 0.15) is 0 Å². The summed E-state index contributed by atoms with van der Waals surface area (Å²) in [6.07, 6.45) is 2.39. The maximum atomic E-state index is 12.9. The van der Waals surface area contributed by atoms with E-state index in [1.54, 1.807) is 12.1 Å². The molecular weight excluding hydrogens is 264 g/mol. The monoisotopic (exact) mass is 284 g/mol. The van der Waals surface area contributed by atoms with E-state index in [1.165, 1.54) is 6.26 Å². The molecule has 3 rings (SSSR count). The number of nitrogens with one attached hydrogen (secondary N) is 1. The van der Waals surface area contributed by atoms with Crippen LogP contribution in [0.5, 0.6) is 0 Å². The Morgan fingerprint density at radius 3 is 2.76 bits per heavy atom. The number of amides is 1. The molecule has 0 radical (unpaired) electrons. The highest BCUT2D eigenvalue weighted by molar-refractivity contribution is 6.07. The van der Waals surface area contributed by atoms with Crippen LogP contribution in [0.3, 0.4) is 0 Å². The van der Waals surface area contributed by atoms with Gasteiger partial charge in [-0.05, 0) is 51.5 Å². The van der Waals surface area contributed by atoms with E-state index in [-0.39, 0.29) is 17.5 Å². The third-order valence-electron chi connectivity index (χ3n) is 3.89. The molecule has 21 heavy (non-hydrogen) atoms. The fourth-order valence-electron chi connectivity index (χ4n) is 3.17. The second kappa shape index (κ2) is 4.95. The Morgan fingerprint density at radius 1 is 1.29 bits per heavy atom. The van der Waals surface area contributed by atoms with Gasteiger partial charge in [-0.3, -0.25) is 9.69 Å². The predicted octanol–water partition coefficient (Wildman–Crippen LogP) is 3.91. The van der Waals surface area contributed by atoms with Gasteiger partial charge < -0.3 is 9.73 Å². The largest absolute Gasteiger partial charge is 0.459 e. The smallest absolute Gasteiger partial charge is 0.294 e. The number of fused-ring (bicyclic) bond motifs is 1. The summed E-state index contributed by atoms with van der Waals surface area (Å²) >= 11 is 0. The van der Waals surface area contributed by atoms with E-state index in [0.29, 0.717) is 5.76 Å². The first-order valence-electron chi connectivity index (χ1n) is 7.23. The van der Waals surface area contributed by atoms with Crippen molar-refractivity contribution in [1.29, 1.82) is 0 Å². The van der Waals surface area contributed by atoms with E-state index >= 15 is 0 Å². The average Bonchev–Trinajstić information content (AvgIpc) is 2.90. The van der Waals surface area contributed by atoms with Crippen molar-refractivity contribution in [3.8, 4) is 0 Å². The van der Waals surface area contributed by atoms with Crippen molar-refractivity contribution in [2.75, 3.05) is 10.2 Å². The van der Waals surface area contributed by atoms with E-state index in [0.717, 1.165) is 17.8 Å². The number of hydrogen-bond acceptors (Lipinski definition) is 3. The Bertz CT molecular complexity index is 647. The van der Waals surface area contributed by atoms with Crippen LogP contribution >= 0.6 is 0 Å². The Morgan fingerprint density at radius 2 is 2.05 bits per heavy atom. The number of benzene rings is 1. The van der Waals surface area contributed by atoms with Gasteiger partial charge in [-0.2, -0.15) is 0 Å². The SMILES string of the molecule is CC1CC(C)(C)N(C(=O)c2ccco2)c2ccccc2N1. The molecular formula is C17H20N2O2. The minimum Gasteiger partial charge on any atom is -0.459 e. The van der Waals surface area contributed by atoms with Crippen LogP contribution in [-0.4, -0.2) is 17.5 Å². The molecule has 2 heterocycles. The highest BCUT2D eigenvalue weighted by Gasteiger charge is 2.38. The molecule has 0 bridgehead atoms. The average molecular weight is 284 g/mol. The van der Waals surface area contributed by atoms with Crippen LogP contribution in [0.4, 0.5) is 11.4 Å². The molecule has 1 aliphatic rings. The van der Waals surface area contributed by atoms with Crippen LogP contribution < -0.4 is 10.2 Å². The van der Waals surface area contributed by atoms with Gasteiger partial charge in [-0.25, -0.2) is 0 Å². The third kappa shape index (κ3) is 2.42. The van der Waals surface area contributed by atoms with Gasteiger partial charge in [0.05, 0.1) is 17.6 Å². The Balaban J connectivity index is 2.13. The van der Waals surface area contributed by atoms with E-state index in [9.17, 15) is 4.79 Å². The number of furan rings is 1. The summed E-state index contributed by atoms with van der Waals surface area (Å²) in [4.78, 5) is 14.7. The van der Waals surface area contributed by atoms with E-state index in [1.807, 2.05) is 29.2 Å². The molecule has 1 aromatic carbocycles. The van der Waals surface area contributed by atoms with Crippen molar-refractivity contribution in [3.05, 3.63) is 48.4 Å². The highest BCUT2D eigenvalue weighted by Crippen LogP contribution is 2.38. The van der Waals surface area contributed by atoms with E-state index in [4.69, 9.17) is 4.42 Å². The molecule has 1 atom stereocenters. The maximum Gasteiger partial charge on any atom is 0.294 e. The number of carbonyl (C=O) groups is 1. The predicted molar refractivity (Wildman–Crippen MR) is 83.7 cm³/mol. The summed E-state index contributed by atoms with van der Waals surface area (Å²) in [6.45, 7) is 6.32. The number of nitrogens with zero attached hydrogens (tertiary/aromatic N) is 1. The van der Waals surface area contributed by atoms with Crippen molar-refractivity contribution < 1.29 is 9.21 Å². The fourth-order valence-corrected chi connectivity index (χ4v) is 3.17. The molecule has 1 aromatic heterocycles. The van der Waals surface area contributed by atoms with Crippen LogP contribution in [0.15, 0.2) is 47.1 Å². The zero-order chi connectivity index (χ0) is 15.0. The quantitative estimate of drug-likeness (QED) is 0.863. The van der Waals surface area contributed by atoms with Crippen molar-refractivity contribution in [3.63, 3.8) is 0 Å². The minimum atomic E-state index is -0.303. The molecule has 110 valence electrons. The van der Waals surface area contributed by atoms with Crippen molar-refractivity contribution in [2.45, 2.75) is 38.8 Å². The van der Waals surface area contributed by atoms with Crippen LogP contribution in [-0.2, 0) is 0 Å². The number of rotatable bonds is 1. The lowest BCUT2D eigenvalue weighted by atomic mass is 9.93. The second-order valence-corrected chi connectivity index (χ2v) is 6.20. The summed E-state index contributed by atoms with van der Waals surface area (Å²) in [5, 5.41) is 3.48. The number of hydrogen-bond donors (Lipinski definition) is 1. The summed E-state index contributed by atoms with van der Waals surface area (Å²) in [6, 6.07) is 11.7. The topological polar surface area (TPSA) is 45.5 Å². The Hall–Kier alpha value is -2.23. The lowest BCUT2D eigenvalue weighted by molar-refractivity contribution is 0.0933. The second-order valence-electron chi connectivity index (χ2n) is 6.20. The van der Waals surface area contributed by atoms with E-state index < -0.39 is 0 Å². The van der Waals surface area contributed by atoms with E-state index in [2.05, 4.69) is 26.1 Å². The standard InChI is InChI=1S/C17H20N2O2/c1-12-11-17(2,3)19(16(20)15-9-6-10-21-15)14-8-5-4-7-13(14)18-12/h4-10,12,18H,11H2,1-3H3.